The predicted octanol–water partition coefficient (Wildman–Crippen LogP) is 4.70. The Labute approximate surface area is 195 Å². The zero-order chi connectivity index (χ0) is 25.0. The molecule has 0 radical (unpaired) electrons. The Bertz CT molecular complexity index is 1090. The normalized spacial score (nSPS) is 10.9. The fourth-order valence-electron chi connectivity index (χ4n) is 3.02. The van der Waals surface area contributed by atoms with Crippen LogP contribution in [0.25, 0.3) is 10.8 Å². The molecule has 0 fully saturated rings. The lowest BCUT2D eigenvalue weighted by molar-refractivity contribution is -0.192. The molecule has 0 bridgehead atoms. The molecule has 0 aliphatic rings. The van der Waals surface area contributed by atoms with Crippen molar-refractivity contribution in [2.24, 2.45) is 0 Å². The molecule has 0 aliphatic heterocycles. The quantitative estimate of drug-likeness (QED) is 0.367. The average molecular weight is 477 g/mol. The number of carboxylic acid groups (broad SMARTS) is 2. The van der Waals surface area contributed by atoms with Crippen LogP contribution in [0.5, 0.6) is 5.75 Å². The van der Waals surface area contributed by atoms with Crippen molar-refractivity contribution in [1.29, 1.82) is 0 Å². The Morgan fingerprint density at radius 2 is 1.50 bits per heavy atom. The molecular formula is C25H26F3NO5. The van der Waals surface area contributed by atoms with Gasteiger partial charge in [0.25, 0.3) is 0 Å². The van der Waals surface area contributed by atoms with E-state index in [1.54, 1.807) is 0 Å². The Kier molecular flexibility index (Phi) is 10.3. The number of alkyl halides is 3. The minimum atomic E-state index is -5.08. The zero-order valence-electron chi connectivity index (χ0n) is 18.3. The summed E-state index contributed by atoms with van der Waals surface area (Å²) in [6.45, 7) is 1.89. The van der Waals surface area contributed by atoms with Crippen LogP contribution in [-0.4, -0.2) is 48.0 Å². The molecule has 3 aromatic carbocycles. The van der Waals surface area contributed by atoms with Crippen LogP contribution in [0.1, 0.15) is 17.5 Å². The Hall–Kier alpha value is -3.59. The summed E-state index contributed by atoms with van der Waals surface area (Å²) in [5, 5.41) is 21.4. The Morgan fingerprint density at radius 3 is 2.18 bits per heavy atom. The molecule has 0 saturated heterocycles. The standard InChI is InChI=1S/C23H25NO3.C2HF3O2/c25-23(26)11-14-24-13-10-18-4-3-7-22(17-18)27-15-12-19-8-9-20-5-1-2-6-21(20)16-19;3-2(4,5)1(6)7/h1-9,16-17,24H,10-15H2,(H,25,26);(H,6,7). The number of nitrogens with one attached hydrogen (secondary N) is 1. The van der Waals surface area contributed by atoms with E-state index in [9.17, 15) is 18.0 Å². The van der Waals surface area contributed by atoms with Crippen LogP contribution >= 0.6 is 0 Å². The first-order chi connectivity index (χ1) is 16.1. The van der Waals surface area contributed by atoms with Crippen molar-refractivity contribution in [1.82, 2.24) is 5.32 Å². The summed E-state index contributed by atoms with van der Waals surface area (Å²) >= 11 is 0. The number of carboxylic acids is 2. The molecule has 3 rings (SSSR count). The highest BCUT2D eigenvalue weighted by atomic mass is 19.4. The smallest absolute Gasteiger partial charge is 0.490 e. The molecule has 3 N–H and O–H groups in total. The number of halogens is 3. The molecule has 3 aromatic rings. The van der Waals surface area contributed by atoms with Crippen molar-refractivity contribution in [2.75, 3.05) is 19.7 Å². The van der Waals surface area contributed by atoms with Crippen LogP contribution in [0, 0.1) is 0 Å². The van der Waals surface area contributed by atoms with Gasteiger partial charge in [0.15, 0.2) is 0 Å². The molecule has 0 heterocycles. The number of ether oxygens (including phenoxy) is 1. The highest BCUT2D eigenvalue weighted by molar-refractivity contribution is 5.83. The van der Waals surface area contributed by atoms with E-state index in [1.165, 1.54) is 21.9 Å². The fourth-order valence-corrected chi connectivity index (χ4v) is 3.02. The van der Waals surface area contributed by atoms with E-state index >= 15 is 0 Å². The molecule has 0 unspecified atom stereocenters. The third-order valence-electron chi connectivity index (χ3n) is 4.72. The molecule has 0 amide bonds. The van der Waals surface area contributed by atoms with Crippen LogP contribution in [0.4, 0.5) is 13.2 Å². The van der Waals surface area contributed by atoms with Crippen molar-refractivity contribution in [3.63, 3.8) is 0 Å². The van der Waals surface area contributed by atoms with E-state index in [4.69, 9.17) is 19.7 Å². The summed E-state index contributed by atoms with van der Waals surface area (Å²) < 4.78 is 37.7. The van der Waals surface area contributed by atoms with Gasteiger partial charge in [-0.15, -0.1) is 0 Å². The third-order valence-corrected chi connectivity index (χ3v) is 4.72. The maximum Gasteiger partial charge on any atom is 0.490 e. The van der Waals surface area contributed by atoms with Gasteiger partial charge >= 0.3 is 18.1 Å². The summed E-state index contributed by atoms with van der Waals surface area (Å²) in [4.78, 5) is 19.4. The number of aliphatic carboxylic acids is 2. The molecule has 182 valence electrons. The molecule has 34 heavy (non-hydrogen) atoms. The van der Waals surface area contributed by atoms with E-state index in [0.717, 1.165) is 25.1 Å². The largest absolute Gasteiger partial charge is 0.493 e. The maximum atomic E-state index is 10.6. The SMILES string of the molecule is O=C(O)C(F)(F)F.O=C(O)CCNCCc1cccc(OCCc2ccc3ccccc3c2)c1. The Balaban J connectivity index is 0.000000509. The third kappa shape index (κ3) is 9.91. The predicted molar refractivity (Wildman–Crippen MR) is 122 cm³/mol. The van der Waals surface area contributed by atoms with Gasteiger partial charge in [-0.1, -0.05) is 54.6 Å². The number of fused-ring (bicyclic) bond motifs is 1. The minimum absolute atomic E-state index is 0.151. The van der Waals surface area contributed by atoms with Gasteiger partial charge < -0.3 is 20.3 Å². The van der Waals surface area contributed by atoms with Gasteiger partial charge in [-0.05, 0) is 47.0 Å². The minimum Gasteiger partial charge on any atom is -0.493 e. The van der Waals surface area contributed by atoms with Gasteiger partial charge in [0.2, 0.25) is 0 Å². The summed E-state index contributed by atoms with van der Waals surface area (Å²) in [5.74, 6) is -2.66. The molecule has 0 atom stereocenters. The first-order valence-corrected chi connectivity index (χ1v) is 10.6. The van der Waals surface area contributed by atoms with E-state index in [-0.39, 0.29) is 6.42 Å². The van der Waals surface area contributed by atoms with Gasteiger partial charge in [-0.25, -0.2) is 4.79 Å². The topological polar surface area (TPSA) is 95.9 Å². The van der Waals surface area contributed by atoms with Gasteiger partial charge in [0, 0.05) is 13.0 Å². The van der Waals surface area contributed by atoms with Crippen molar-refractivity contribution in [3.05, 3.63) is 77.9 Å². The molecule has 0 saturated carbocycles. The number of hydrogen-bond acceptors (Lipinski definition) is 4. The van der Waals surface area contributed by atoms with Crippen molar-refractivity contribution >= 4 is 22.7 Å². The molecule has 0 aliphatic carbocycles. The van der Waals surface area contributed by atoms with Crippen LogP contribution in [0.2, 0.25) is 0 Å². The fraction of sp³-hybridized carbons (Fsp3) is 0.280. The van der Waals surface area contributed by atoms with E-state index in [1.807, 2.05) is 12.1 Å². The number of rotatable bonds is 10. The van der Waals surface area contributed by atoms with Gasteiger partial charge in [0.05, 0.1) is 13.0 Å². The highest BCUT2D eigenvalue weighted by Gasteiger charge is 2.38. The van der Waals surface area contributed by atoms with Crippen LogP contribution in [-0.2, 0) is 22.4 Å². The monoisotopic (exact) mass is 477 g/mol. The zero-order valence-corrected chi connectivity index (χ0v) is 18.3. The van der Waals surface area contributed by atoms with Crippen LogP contribution < -0.4 is 10.1 Å². The van der Waals surface area contributed by atoms with Crippen LogP contribution in [0.15, 0.2) is 66.7 Å². The first kappa shape index (κ1) is 26.7. The lowest BCUT2D eigenvalue weighted by Crippen LogP contribution is -2.21. The van der Waals surface area contributed by atoms with Gasteiger partial charge in [0.1, 0.15) is 5.75 Å². The second-order valence-corrected chi connectivity index (χ2v) is 7.37. The molecular weight excluding hydrogens is 451 g/mol. The highest BCUT2D eigenvalue weighted by Crippen LogP contribution is 2.17. The summed E-state index contributed by atoms with van der Waals surface area (Å²) in [7, 11) is 0. The Morgan fingerprint density at radius 1 is 0.824 bits per heavy atom. The van der Waals surface area contributed by atoms with Crippen molar-refractivity contribution in [3.8, 4) is 5.75 Å². The number of carbonyl (C=O) groups is 2. The maximum absolute atomic E-state index is 10.6. The van der Waals surface area contributed by atoms with Crippen LogP contribution in [0.3, 0.4) is 0 Å². The summed E-state index contributed by atoms with van der Waals surface area (Å²) in [6.07, 6.45) is -3.22. The van der Waals surface area contributed by atoms with Gasteiger partial charge in [-0.3, -0.25) is 4.79 Å². The van der Waals surface area contributed by atoms with Gasteiger partial charge in [-0.2, -0.15) is 13.2 Å². The van der Waals surface area contributed by atoms with E-state index in [0.29, 0.717) is 13.2 Å². The lowest BCUT2D eigenvalue weighted by Gasteiger charge is -2.09. The number of hydrogen-bond donors (Lipinski definition) is 3. The van der Waals surface area contributed by atoms with E-state index in [2.05, 4.69) is 59.9 Å². The summed E-state index contributed by atoms with van der Waals surface area (Å²) in [6, 6.07) is 23.0. The lowest BCUT2D eigenvalue weighted by atomic mass is 10.1. The molecule has 9 heteroatoms. The molecule has 0 aromatic heterocycles. The van der Waals surface area contributed by atoms with Crippen molar-refractivity contribution < 1.29 is 37.7 Å². The molecule has 6 nitrogen and oxygen atoms in total. The summed E-state index contributed by atoms with van der Waals surface area (Å²) in [5.41, 5.74) is 2.45. The van der Waals surface area contributed by atoms with Crippen molar-refractivity contribution in [2.45, 2.75) is 25.4 Å². The second-order valence-electron chi connectivity index (χ2n) is 7.37. The first-order valence-electron chi connectivity index (χ1n) is 10.6. The number of benzene rings is 3. The average Bonchev–Trinajstić information content (AvgIpc) is 2.79. The van der Waals surface area contributed by atoms with E-state index < -0.39 is 18.1 Å². The second kappa shape index (κ2) is 13.2. The molecule has 0 spiro atoms.